The average Bonchev–Trinajstić information content (AvgIpc) is 2.51. The number of likely N-dealkylation sites (N-methyl/N-ethyl adjacent to an activating group) is 1. The van der Waals surface area contributed by atoms with Crippen molar-refractivity contribution in [2.75, 3.05) is 19.6 Å². The molecule has 0 amide bonds. The van der Waals surface area contributed by atoms with E-state index < -0.39 is 0 Å². The van der Waals surface area contributed by atoms with Gasteiger partial charge in [-0.25, -0.2) is 0 Å². The predicted octanol–water partition coefficient (Wildman–Crippen LogP) is 2.88. The summed E-state index contributed by atoms with van der Waals surface area (Å²) in [6.45, 7) is 9.39. The van der Waals surface area contributed by atoms with Gasteiger partial charge in [-0.05, 0) is 18.0 Å². The predicted molar refractivity (Wildman–Crippen MR) is 84.2 cm³/mol. The molecule has 1 aromatic rings. The topological polar surface area (TPSA) is 61.8 Å². The van der Waals surface area contributed by atoms with Gasteiger partial charge in [0.2, 0.25) is 0 Å². The van der Waals surface area contributed by atoms with E-state index in [0.29, 0.717) is 5.92 Å². The third-order valence-electron chi connectivity index (χ3n) is 3.83. The minimum absolute atomic E-state index is 0.0646. The number of oxime groups is 1. The maximum absolute atomic E-state index is 9.02. The molecule has 2 unspecified atom stereocenters. The normalized spacial score (nSPS) is 15.3. The second kappa shape index (κ2) is 8.59. The van der Waals surface area contributed by atoms with E-state index in [9.17, 15) is 0 Å². The molecular formula is C16H27N3O. The van der Waals surface area contributed by atoms with E-state index in [0.717, 1.165) is 31.6 Å². The van der Waals surface area contributed by atoms with Crippen molar-refractivity contribution in [1.82, 2.24) is 4.90 Å². The van der Waals surface area contributed by atoms with Gasteiger partial charge in [0, 0.05) is 13.1 Å². The lowest BCUT2D eigenvalue weighted by atomic mass is 9.96. The van der Waals surface area contributed by atoms with Gasteiger partial charge in [-0.15, -0.1) is 0 Å². The number of benzene rings is 1. The van der Waals surface area contributed by atoms with Gasteiger partial charge in [-0.2, -0.15) is 0 Å². The zero-order chi connectivity index (χ0) is 15.0. The van der Waals surface area contributed by atoms with E-state index in [1.54, 1.807) is 0 Å². The van der Waals surface area contributed by atoms with Gasteiger partial charge in [-0.1, -0.05) is 62.7 Å². The van der Waals surface area contributed by atoms with Crippen molar-refractivity contribution < 1.29 is 5.21 Å². The number of nitrogens with two attached hydrogens (primary N) is 1. The molecular weight excluding hydrogens is 250 g/mol. The summed E-state index contributed by atoms with van der Waals surface area (Å²) in [5.41, 5.74) is 6.98. The fourth-order valence-corrected chi connectivity index (χ4v) is 2.29. The zero-order valence-corrected chi connectivity index (χ0v) is 12.8. The maximum atomic E-state index is 9.02. The van der Waals surface area contributed by atoms with Crippen LogP contribution in [0, 0.1) is 5.92 Å². The summed E-state index contributed by atoms with van der Waals surface area (Å²) < 4.78 is 0. The van der Waals surface area contributed by atoms with E-state index >= 15 is 0 Å². The Morgan fingerprint density at radius 2 is 1.90 bits per heavy atom. The number of rotatable bonds is 8. The molecule has 1 aromatic carbocycles. The minimum atomic E-state index is -0.0646. The SMILES string of the molecule is CCC(C)CN(CC)CC(C(N)=NO)c1ccccc1. The molecule has 2 atom stereocenters. The van der Waals surface area contributed by atoms with Gasteiger partial charge < -0.3 is 15.8 Å². The van der Waals surface area contributed by atoms with Crippen LogP contribution < -0.4 is 5.73 Å². The quantitative estimate of drug-likeness (QED) is 0.332. The van der Waals surface area contributed by atoms with Crippen molar-refractivity contribution in [2.24, 2.45) is 16.8 Å². The first kappa shape index (κ1) is 16.5. The van der Waals surface area contributed by atoms with Crippen LogP contribution in [0.2, 0.25) is 0 Å². The molecule has 0 spiro atoms. The van der Waals surface area contributed by atoms with Crippen LogP contribution in [0.15, 0.2) is 35.5 Å². The third kappa shape index (κ3) is 4.85. The van der Waals surface area contributed by atoms with Gasteiger partial charge in [0.25, 0.3) is 0 Å². The lowest BCUT2D eigenvalue weighted by Gasteiger charge is -2.28. The van der Waals surface area contributed by atoms with Crippen molar-refractivity contribution in [2.45, 2.75) is 33.1 Å². The molecule has 0 saturated carbocycles. The van der Waals surface area contributed by atoms with E-state index in [1.807, 2.05) is 30.3 Å². The Bertz CT molecular complexity index is 405. The second-order valence-electron chi connectivity index (χ2n) is 5.35. The van der Waals surface area contributed by atoms with Crippen molar-refractivity contribution in [1.29, 1.82) is 0 Å². The van der Waals surface area contributed by atoms with Crippen molar-refractivity contribution >= 4 is 5.84 Å². The Hall–Kier alpha value is -1.55. The monoisotopic (exact) mass is 277 g/mol. The number of hydrogen-bond donors (Lipinski definition) is 2. The van der Waals surface area contributed by atoms with Gasteiger partial charge in [0.1, 0.15) is 5.84 Å². The molecule has 20 heavy (non-hydrogen) atoms. The van der Waals surface area contributed by atoms with Crippen LogP contribution in [0.4, 0.5) is 0 Å². The first-order valence-electron chi connectivity index (χ1n) is 7.37. The Kier molecular flexibility index (Phi) is 7.09. The van der Waals surface area contributed by atoms with Crippen LogP contribution >= 0.6 is 0 Å². The highest BCUT2D eigenvalue weighted by Gasteiger charge is 2.20. The standard InChI is InChI=1S/C16H27N3O/c1-4-13(3)11-19(5-2)12-15(16(17)18-20)14-9-7-6-8-10-14/h6-10,13,15,20H,4-5,11-12H2,1-3H3,(H2,17,18). The third-order valence-corrected chi connectivity index (χ3v) is 3.83. The summed E-state index contributed by atoms with van der Waals surface area (Å²) in [6, 6.07) is 10.00. The Labute approximate surface area is 122 Å². The summed E-state index contributed by atoms with van der Waals surface area (Å²) in [5.74, 6) is 0.864. The summed E-state index contributed by atoms with van der Waals surface area (Å²) in [4.78, 5) is 2.36. The summed E-state index contributed by atoms with van der Waals surface area (Å²) >= 11 is 0. The lowest BCUT2D eigenvalue weighted by Crippen LogP contribution is -2.37. The molecule has 0 bridgehead atoms. The molecule has 0 saturated heterocycles. The van der Waals surface area contributed by atoms with Crippen LogP contribution in [0.5, 0.6) is 0 Å². The summed E-state index contributed by atoms with van der Waals surface area (Å²) in [5, 5.41) is 12.2. The Morgan fingerprint density at radius 3 is 2.40 bits per heavy atom. The van der Waals surface area contributed by atoms with Crippen LogP contribution in [0.1, 0.15) is 38.7 Å². The first-order valence-corrected chi connectivity index (χ1v) is 7.37. The molecule has 0 radical (unpaired) electrons. The molecule has 0 aromatic heterocycles. The molecule has 3 N–H and O–H groups in total. The molecule has 0 aliphatic heterocycles. The molecule has 0 aliphatic rings. The number of hydrogen-bond acceptors (Lipinski definition) is 3. The summed E-state index contributed by atoms with van der Waals surface area (Å²) in [7, 11) is 0. The van der Waals surface area contributed by atoms with E-state index in [1.165, 1.54) is 0 Å². The van der Waals surface area contributed by atoms with Crippen molar-refractivity contribution in [3.63, 3.8) is 0 Å². The second-order valence-corrected chi connectivity index (χ2v) is 5.35. The van der Waals surface area contributed by atoms with Crippen LogP contribution in [-0.4, -0.2) is 35.6 Å². The van der Waals surface area contributed by atoms with Gasteiger partial charge >= 0.3 is 0 Å². The molecule has 0 fully saturated rings. The van der Waals surface area contributed by atoms with Crippen molar-refractivity contribution in [3.8, 4) is 0 Å². The van der Waals surface area contributed by atoms with E-state index in [4.69, 9.17) is 10.9 Å². The Balaban J connectivity index is 2.84. The fraction of sp³-hybridized carbons (Fsp3) is 0.562. The highest BCUT2D eigenvalue weighted by Crippen LogP contribution is 2.18. The number of nitrogens with zero attached hydrogens (tertiary/aromatic N) is 2. The smallest absolute Gasteiger partial charge is 0.147 e. The molecule has 4 heteroatoms. The van der Waals surface area contributed by atoms with Crippen molar-refractivity contribution in [3.05, 3.63) is 35.9 Å². The highest BCUT2D eigenvalue weighted by molar-refractivity contribution is 5.87. The zero-order valence-electron chi connectivity index (χ0n) is 12.8. The minimum Gasteiger partial charge on any atom is -0.409 e. The molecule has 4 nitrogen and oxygen atoms in total. The maximum Gasteiger partial charge on any atom is 0.147 e. The van der Waals surface area contributed by atoms with Crippen LogP contribution in [0.3, 0.4) is 0 Å². The lowest BCUT2D eigenvalue weighted by molar-refractivity contribution is 0.241. The first-order chi connectivity index (χ1) is 9.62. The van der Waals surface area contributed by atoms with E-state index in [-0.39, 0.29) is 11.8 Å². The van der Waals surface area contributed by atoms with Crippen LogP contribution in [-0.2, 0) is 0 Å². The number of amidine groups is 1. The average molecular weight is 277 g/mol. The molecule has 112 valence electrons. The van der Waals surface area contributed by atoms with E-state index in [2.05, 4.69) is 30.8 Å². The largest absolute Gasteiger partial charge is 0.409 e. The Morgan fingerprint density at radius 1 is 1.25 bits per heavy atom. The molecule has 0 aliphatic carbocycles. The molecule has 1 rings (SSSR count). The highest BCUT2D eigenvalue weighted by atomic mass is 16.4. The van der Waals surface area contributed by atoms with Gasteiger partial charge in [-0.3, -0.25) is 0 Å². The van der Waals surface area contributed by atoms with Gasteiger partial charge in [0.15, 0.2) is 0 Å². The van der Waals surface area contributed by atoms with Gasteiger partial charge in [0.05, 0.1) is 5.92 Å². The fourth-order valence-electron chi connectivity index (χ4n) is 2.29. The summed E-state index contributed by atoms with van der Waals surface area (Å²) in [6.07, 6.45) is 1.16. The van der Waals surface area contributed by atoms with Crippen LogP contribution in [0.25, 0.3) is 0 Å². The molecule has 0 heterocycles.